The van der Waals surface area contributed by atoms with Crippen molar-refractivity contribution in [3.63, 3.8) is 0 Å². The molecule has 0 aliphatic carbocycles. The van der Waals surface area contributed by atoms with E-state index in [2.05, 4.69) is 11.8 Å². The molecule has 2 aliphatic rings. The van der Waals surface area contributed by atoms with E-state index in [-0.39, 0.29) is 5.91 Å². The molecule has 3 heteroatoms. The molecule has 80 valence electrons. The van der Waals surface area contributed by atoms with Gasteiger partial charge in [0.25, 0.3) is 0 Å². The van der Waals surface area contributed by atoms with Gasteiger partial charge >= 0.3 is 0 Å². The highest BCUT2D eigenvalue weighted by molar-refractivity contribution is 5.73. The first kappa shape index (κ1) is 9.97. The number of amides is 1. The van der Waals surface area contributed by atoms with Crippen LogP contribution in [0.5, 0.6) is 0 Å². The normalized spacial score (nSPS) is 33.1. The Morgan fingerprint density at radius 1 is 1.21 bits per heavy atom. The molecule has 0 N–H and O–H groups in total. The van der Waals surface area contributed by atoms with Gasteiger partial charge in [0.1, 0.15) is 0 Å². The summed E-state index contributed by atoms with van der Waals surface area (Å²) >= 11 is 0. The third kappa shape index (κ3) is 1.92. The van der Waals surface area contributed by atoms with E-state index >= 15 is 0 Å². The molecule has 2 fully saturated rings. The van der Waals surface area contributed by atoms with Gasteiger partial charge in [0, 0.05) is 33.1 Å². The SMILES string of the molecule is CCN1CC2CC(C1)CN(C(C)=O)C2. The summed E-state index contributed by atoms with van der Waals surface area (Å²) in [5, 5.41) is 0. The van der Waals surface area contributed by atoms with Crippen LogP contribution in [0.15, 0.2) is 0 Å². The molecule has 0 saturated carbocycles. The van der Waals surface area contributed by atoms with Crippen molar-refractivity contribution in [2.45, 2.75) is 20.3 Å². The average molecular weight is 196 g/mol. The van der Waals surface area contributed by atoms with Crippen LogP contribution in [0.25, 0.3) is 0 Å². The number of hydrogen-bond acceptors (Lipinski definition) is 2. The number of fused-ring (bicyclic) bond motifs is 2. The lowest BCUT2D eigenvalue weighted by atomic mass is 9.84. The van der Waals surface area contributed by atoms with Gasteiger partial charge in [-0.15, -0.1) is 0 Å². The van der Waals surface area contributed by atoms with Gasteiger partial charge in [-0.05, 0) is 24.8 Å². The second kappa shape index (κ2) is 3.89. The number of piperidine rings is 2. The van der Waals surface area contributed by atoms with Gasteiger partial charge in [0.15, 0.2) is 0 Å². The predicted octanol–water partition coefficient (Wildman–Crippen LogP) is 0.806. The fourth-order valence-corrected chi connectivity index (χ4v) is 2.90. The van der Waals surface area contributed by atoms with Crippen molar-refractivity contribution < 1.29 is 4.79 Å². The zero-order valence-corrected chi connectivity index (χ0v) is 9.20. The highest BCUT2D eigenvalue weighted by Gasteiger charge is 2.34. The Morgan fingerprint density at radius 2 is 1.79 bits per heavy atom. The van der Waals surface area contributed by atoms with Gasteiger partial charge in [-0.25, -0.2) is 0 Å². The molecule has 0 radical (unpaired) electrons. The largest absolute Gasteiger partial charge is 0.342 e. The molecule has 0 spiro atoms. The molecular formula is C11H20N2O. The maximum Gasteiger partial charge on any atom is 0.219 e. The van der Waals surface area contributed by atoms with E-state index in [1.165, 1.54) is 19.5 Å². The molecule has 2 rings (SSSR count). The van der Waals surface area contributed by atoms with Gasteiger partial charge in [0.05, 0.1) is 0 Å². The Morgan fingerprint density at radius 3 is 2.21 bits per heavy atom. The monoisotopic (exact) mass is 196 g/mol. The first-order valence-electron chi connectivity index (χ1n) is 5.67. The smallest absolute Gasteiger partial charge is 0.219 e. The van der Waals surface area contributed by atoms with Crippen molar-refractivity contribution in [1.29, 1.82) is 0 Å². The van der Waals surface area contributed by atoms with Gasteiger partial charge in [0.2, 0.25) is 5.91 Å². The Hall–Kier alpha value is -0.570. The van der Waals surface area contributed by atoms with E-state index in [0.717, 1.165) is 31.5 Å². The molecule has 2 unspecified atom stereocenters. The Kier molecular flexibility index (Phi) is 2.77. The summed E-state index contributed by atoms with van der Waals surface area (Å²) in [6, 6.07) is 0. The third-order valence-corrected chi connectivity index (χ3v) is 3.55. The lowest BCUT2D eigenvalue weighted by molar-refractivity contribution is -0.133. The minimum Gasteiger partial charge on any atom is -0.342 e. The standard InChI is InChI=1S/C11H20N2O/c1-3-12-5-10-4-11(6-12)8-13(7-10)9(2)14/h10-11H,3-8H2,1-2H3. The average Bonchev–Trinajstić information content (AvgIpc) is 2.16. The maximum atomic E-state index is 11.3. The van der Waals surface area contributed by atoms with Crippen LogP contribution < -0.4 is 0 Å². The van der Waals surface area contributed by atoms with E-state index in [1.807, 2.05) is 4.90 Å². The summed E-state index contributed by atoms with van der Waals surface area (Å²) in [5.74, 6) is 1.71. The van der Waals surface area contributed by atoms with Crippen LogP contribution in [0.4, 0.5) is 0 Å². The van der Waals surface area contributed by atoms with Gasteiger partial charge < -0.3 is 9.80 Å². The molecule has 14 heavy (non-hydrogen) atoms. The van der Waals surface area contributed by atoms with E-state index in [0.29, 0.717) is 0 Å². The first-order chi connectivity index (χ1) is 6.69. The molecule has 2 aliphatic heterocycles. The van der Waals surface area contributed by atoms with Crippen LogP contribution >= 0.6 is 0 Å². The quantitative estimate of drug-likeness (QED) is 0.619. The van der Waals surface area contributed by atoms with Crippen molar-refractivity contribution in [2.24, 2.45) is 11.8 Å². The second-order valence-corrected chi connectivity index (χ2v) is 4.74. The third-order valence-electron chi connectivity index (χ3n) is 3.55. The van der Waals surface area contributed by atoms with Crippen LogP contribution in [0, 0.1) is 11.8 Å². The molecule has 0 aromatic carbocycles. The number of nitrogens with zero attached hydrogens (tertiary/aromatic N) is 2. The highest BCUT2D eigenvalue weighted by atomic mass is 16.2. The zero-order valence-electron chi connectivity index (χ0n) is 9.20. The lowest BCUT2D eigenvalue weighted by Gasteiger charge is -2.45. The molecule has 2 heterocycles. The molecule has 2 bridgehead atoms. The minimum absolute atomic E-state index is 0.254. The Bertz CT molecular complexity index is 215. The highest BCUT2D eigenvalue weighted by Crippen LogP contribution is 2.28. The summed E-state index contributed by atoms with van der Waals surface area (Å²) in [4.78, 5) is 15.9. The minimum atomic E-state index is 0.254. The summed E-state index contributed by atoms with van der Waals surface area (Å²) in [6.07, 6.45) is 1.33. The summed E-state index contributed by atoms with van der Waals surface area (Å²) in [6.45, 7) is 9.44. The summed E-state index contributed by atoms with van der Waals surface area (Å²) in [7, 11) is 0. The fraction of sp³-hybridized carbons (Fsp3) is 0.909. The van der Waals surface area contributed by atoms with Crippen molar-refractivity contribution in [3.8, 4) is 0 Å². The first-order valence-corrected chi connectivity index (χ1v) is 5.67. The Balaban J connectivity index is 1.98. The van der Waals surface area contributed by atoms with Crippen molar-refractivity contribution in [3.05, 3.63) is 0 Å². The number of hydrogen-bond donors (Lipinski definition) is 0. The zero-order chi connectivity index (χ0) is 10.1. The second-order valence-electron chi connectivity index (χ2n) is 4.74. The molecule has 0 aromatic heterocycles. The lowest BCUT2D eigenvalue weighted by Crippen LogP contribution is -2.53. The van der Waals surface area contributed by atoms with Gasteiger partial charge in [-0.2, -0.15) is 0 Å². The van der Waals surface area contributed by atoms with E-state index in [4.69, 9.17) is 0 Å². The van der Waals surface area contributed by atoms with Crippen LogP contribution in [0.1, 0.15) is 20.3 Å². The molecule has 2 atom stereocenters. The van der Waals surface area contributed by atoms with Crippen molar-refractivity contribution >= 4 is 5.91 Å². The summed E-state index contributed by atoms with van der Waals surface area (Å²) < 4.78 is 0. The number of carbonyl (C=O) groups excluding carboxylic acids is 1. The predicted molar refractivity (Wildman–Crippen MR) is 56.0 cm³/mol. The topological polar surface area (TPSA) is 23.6 Å². The maximum absolute atomic E-state index is 11.3. The van der Waals surface area contributed by atoms with Crippen LogP contribution in [0.2, 0.25) is 0 Å². The number of carbonyl (C=O) groups is 1. The number of likely N-dealkylation sites (tertiary alicyclic amines) is 2. The molecule has 2 saturated heterocycles. The van der Waals surface area contributed by atoms with E-state index < -0.39 is 0 Å². The molecular weight excluding hydrogens is 176 g/mol. The summed E-state index contributed by atoms with van der Waals surface area (Å²) in [5.41, 5.74) is 0. The van der Waals surface area contributed by atoms with E-state index in [9.17, 15) is 4.79 Å². The van der Waals surface area contributed by atoms with Crippen LogP contribution in [0.3, 0.4) is 0 Å². The molecule has 3 nitrogen and oxygen atoms in total. The van der Waals surface area contributed by atoms with Gasteiger partial charge in [-0.3, -0.25) is 4.79 Å². The van der Waals surface area contributed by atoms with Crippen LogP contribution in [-0.4, -0.2) is 48.4 Å². The molecule has 1 amide bonds. The van der Waals surface area contributed by atoms with Crippen molar-refractivity contribution in [2.75, 3.05) is 32.7 Å². The Labute approximate surface area is 86.1 Å². The van der Waals surface area contributed by atoms with E-state index in [1.54, 1.807) is 6.92 Å². The van der Waals surface area contributed by atoms with Crippen molar-refractivity contribution in [1.82, 2.24) is 9.80 Å². The van der Waals surface area contributed by atoms with Crippen LogP contribution in [-0.2, 0) is 4.79 Å². The fourth-order valence-electron chi connectivity index (χ4n) is 2.90. The number of rotatable bonds is 1. The molecule has 0 aromatic rings. The van der Waals surface area contributed by atoms with Gasteiger partial charge in [-0.1, -0.05) is 6.92 Å².